The fourth-order valence-corrected chi connectivity index (χ4v) is 3.67. The van der Waals surface area contributed by atoms with Gasteiger partial charge in [0.2, 0.25) is 0 Å². The Morgan fingerprint density at radius 2 is 1.52 bits per heavy atom. The number of allylic oxidation sites excluding steroid dienone is 4. The van der Waals surface area contributed by atoms with Crippen molar-refractivity contribution >= 4 is 0 Å². The SMILES string of the molecule is C=CC(C)CCC(=CCCCCCCCC)CC(C)(C)CC(C)C=C. The lowest BCUT2D eigenvalue weighted by atomic mass is 9.77. The Labute approximate surface area is 159 Å². The summed E-state index contributed by atoms with van der Waals surface area (Å²) in [6, 6.07) is 0. The van der Waals surface area contributed by atoms with E-state index >= 15 is 0 Å². The predicted octanol–water partition coefficient (Wildman–Crippen LogP) is 8.89. The Morgan fingerprint density at radius 1 is 0.920 bits per heavy atom. The van der Waals surface area contributed by atoms with Crippen molar-refractivity contribution in [2.75, 3.05) is 0 Å². The van der Waals surface area contributed by atoms with Crippen LogP contribution in [0.25, 0.3) is 0 Å². The van der Waals surface area contributed by atoms with Crippen LogP contribution in [0.5, 0.6) is 0 Å². The summed E-state index contributed by atoms with van der Waals surface area (Å²) in [4.78, 5) is 0. The van der Waals surface area contributed by atoms with E-state index in [2.05, 4.69) is 66.0 Å². The minimum atomic E-state index is 0.359. The summed E-state index contributed by atoms with van der Waals surface area (Å²) in [5.74, 6) is 1.22. The van der Waals surface area contributed by atoms with Crippen molar-refractivity contribution in [1.29, 1.82) is 0 Å². The summed E-state index contributed by atoms with van der Waals surface area (Å²) >= 11 is 0. The smallest absolute Gasteiger partial charge is 0.0259 e. The molecule has 0 saturated heterocycles. The van der Waals surface area contributed by atoms with Crippen molar-refractivity contribution in [3.8, 4) is 0 Å². The van der Waals surface area contributed by atoms with E-state index in [4.69, 9.17) is 0 Å². The Hall–Kier alpha value is -0.780. The van der Waals surface area contributed by atoms with E-state index < -0.39 is 0 Å². The fraction of sp³-hybridized carbons (Fsp3) is 0.760. The van der Waals surface area contributed by atoms with Crippen LogP contribution in [0.15, 0.2) is 37.0 Å². The molecule has 0 amide bonds. The van der Waals surface area contributed by atoms with Crippen LogP contribution in [0.3, 0.4) is 0 Å². The number of unbranched alkanes of at least 4 members (excludes halogenated alkanes) is 6. The summed E-state index contributed by atoms with van der Waals surface area (Å²) in [5.41, 5.74) is 2.03. The van der Waals surface area contributed by atoms with Gasteiger partial charge in [0.05, 0.1) is 0 Å². The van der Waals surface area contributed by atoms with Crippen LogP contribution < -0.4 is 0 Å². The Kier molecular flexibility index (Phi) is 13.9. The molecule has 2 atom stereocenters. The lowest BCUT2D eigenvalue weighted by molar-refractivity contribution is 0.294. The first-order valence-corrected chi connectivity index (χ1v) is 10.8. The molecule has 0 fully saturated rings. The third-order valence-electron chi connectivity index (χ3n) is 5.30. The van der Waals surface area contributed by atoms with Crippen LogP contribution in [0, 0.1) is 17.3 Å². The molecular weight excluding hydrogens is 300 g/mol. The first-order valence-electron chi connectivity index (χ1n) is 10.8. The first-order chi connectivity index (χ1) is 11.8. The van der Waals surface area contributed by atoms with E-state index in [1.54, 1.807) is 5.57 Å². The van der Waals surface area contributed by atoms with Crippen LogP contribution in [0.2, 0.25) is 0 Å². The van der Waals surface area contributed by atoms with E-state index in [1.807, 2.05) is 0 Å². The minimum absolute atomic E-state index is 0.359. The van der Waals surface area contributed by atoms with Gasteiger partial charge in [-0.2, -0.15) is 0 Å². The average molecular weight is 347 g/mol. The normalized spacial score (nSPS) is 15.0. The summed E-state index contributed by atoms with van der Waals surface area (Å²) in [6.07, 6.45) is 21.2. The molecule has 0 N–H and O–H groups in total. The van der Waals surface area contributed by atoms with Crippen LogP contribution in [-0.4, -0.2) is 0 Å². The zero-order valence-corrected chi connectivity index (χ0v) is 18.1. The Bertz CT molecular complexity index is 371. The molecule has 0 radical (unpaired) electrons. The van der Waals surface area contributed by atoms with Gasteiger partial charge < -0.3 is 0 Å². The molecule has 0 aromatic carbocycles. The van der Waals surface area contributed by atoms with Crippen molar-refractivity contribution in [1.82, 2.24) is 0 Å². The number of hydrogen-bond acceptors (Lipinski definition) is 0. The van der Waals surface area contributed by atoms with E-state index in [1.165, 1.54) is 70.6 Å². The monoisotopic (exact) mass is 346 g/mol. The molecular formula is C25H46. The molecule has 146 valence electrons. The summed E-state index contributed by atoms with van der Waals surface area (Å²) < 4.78 is 0. The van der Waals surface area contributed by atoms with E-state index in [0.717, 1.165) is 0 Å². The van der Waals surface area contributed by atoms with Crippen molar-refractivity contribution < 1.29 is 0 Å². The zero-order valence-electron chi connectivity index (χ0n) is 18.1. The van der Waals surface area contributed by atoms with Gasteiger partial charge in [0, 0.05) is 0 Å². The van der Waals surface area contributed by atoms with Gasteiger partial charge in [0.15, 0.2) is 0 Å². The molecule has 25 heavy (non-hydrogen) atoms. The quantitative estimate of drug-likeness (QED) is 0.193. The molecule has 0 heterocycles. The molecule has 0 bridgehead atoms. The predicted molar refractivity (Wildman–Crippen MR) is 117 cm³/mol. The molecule has 0 aromatic rings. The molecule has 2 unspecified atom stereocenters. The molecule has 0 heteroatoms. The molecule has 0 aliphatic carbocycles. The zero-order chi connectivity index (χ0) is 19.1. The van der Waals surface area contributed by atoms with Gasteiger partial charge in [-0.15, -0.1) is 13.2 Å². The fourth-order valence-electron chi connectivity index (χ4n) is 3.67. The Balaban J connectivity index is 4.54. The van der Waals surface area contributed by atoms with Crippen LogP contribution >= 0.6 is 0 Å². The molecule has 0 nitrogen and oxygen atoms in total. The van der Waals surface area contributed by atoms with Crippen molar-refractivity contribution in [3.05, 3.63) is 37.0 Å². The van der Waals surface area contributed by atoms with Gasteiger partial charge in [-0.1, -0.05) is 90.5 Å². The molecule has 0 rings (SSSR count). The maximum Gasteiger partial charge on any atom is -0.0259 e. The molecule has 0 spiro atoms. The maximum absolute atomic E-state index is 3.96. The van der Waals surface area contributed by atoms with Gasteiger partial charge in [-0.3, -0.25) is 0 Å². The highest BCUT2D eigenvalue weighted by molar-refractivity contribution is 5.06. The molecule has 0 aromatic heterocycles. The van der Waals surface area contributed by atoms with Crippen LogP contribution in [-0.2, 0) is 0 Å². The standard InChI is InChI=1S/C25H46/c1-8-11-12-13-14-15-16-17-24(19-18-22(4)9-2)21-25(6,7)20-23(5)10-3/h9-10,17,22-23H,2-3,8,11-16,18-21H2,1,4-7H3. The van der Waals surface area contributed by atoms with Crippen molar-refractivity contribution in [2.45, 2.75) is 105 Å². The van der Waals surface area contributed by atoms with Crippen LogP contribution in [0.1, 0.15) is 105 Å². The molecule has 0 aliphatic heterocycles. The topological polar surface area (TPSA) is 0 Å². The lowest BCUT2D eigenvalue weighted by Gasteiger charge is -2.29. The third kappa shape index (κ3) is 14.1. The van der Waals surface area contributed by atoms with Gasteiger partial charge in [-0.25, -0.2) is 0 Å². The maximum atomic E-state index is 3.96. The highest BCUT2D eigenvalue weighted by Crippen LogP contribution is 2.35. The highest BCUT2D eigenvalue weighted by atomic mass is 14.3. The van der Waals surface area contributed by atoms with Gasteiger partial charge >= 0.3 is 0 Å². The summed E-state index contributed by atoms with van der Waals surface area (Å²) in [5, 5.41) is 0. The largest absolute Gasteiger partial charge is 0.103 e. The number of hydrogen-bond donors (Lipinski definition) is 0. The average Bonchev–Trinajstić information content (AvgIpc) is 2.57. The second-order valence-corrected chi connectivity index (χ2v) is 8.93. The molecule has 0 saturated carbocycles. The van der Waals surface area contributed by atoms with Crippen LogP contribution in [0.4, 0.5) is 0 Å². The molecule has 0 aliphatic rings. The van der Waals surface area contributed by atoms with Gasteiger partial charge in [0.25, 0.3) is 0 Å². The second-order valence-electron chi connectivity index (χ2n) is 8.93. The van der Waals surface area contributed by atoms with Gasteiger partial charge in [-0.05, 0) is 55.8 Å². The minimum Gasteiger partial charge on any atom is -0.103 e. The van der Waals surface area contributed by atoms with E-state index in [9.17, 15) is 0 Å². The van der Waals surface area contributed by atoms with Gasteiger partial charge in [0.1, 0.15) is 0 Å². The van der Waals surface area contributed by atoms with E-state index in [0.29, 0.717) is 17.3 Å². The summed E-state index contributed by atoms with van der Waals surface area (Å²) in [6.45, 7) is 19.6. The highest BCUT2D eigenvalue weighted by Gasteiger charge is 2.21. The third-order valence-corrected chi connectivity index (χ3v) is 5.30. The second kappa shape index (κ2) is 14.4. The summed E-state index contributed by atoms with van der Waals surface area (Å²) in [7, 11) is 0. The van der Waals surface area contributed by atoms with E-state index in [-0.39, 0.29) is 0 Å². The Morgan fingerprint density at radius 3 is 2.12 bits per heavy atom. The number of rotatable bonds is 16. The lowest BCUT2D eigenvalue weighted by Crippen LogP contribution is -2.16. The van der Waals surface area contributed by atoms with Crippen molar-refractivity contribution in [3.63, 3.8) is 0 Å². The first kappa shape index (κ1) is 24.2. The van der Waals surface area contributed by atoms with Crippen molar-refractivity contribution in [2.24, 2.45) is 17.3 Å².